The summed E-state index contributed by atoms with van der Waals surface area (Å²) in [5, 5.41) is 5.65. The number of rotatable bonds is 7. The van der Waals surface area contributed by atoms with Crippen LogP contribution in [-0.2, 0) is 0 Å². The van der Waals surface area contributed by atoms with Gasteiger partial charge in [-0.2, -0.15) is 0 Å². The van der Waals surface area contributed by atoms with E-state index in [1.807, 2.05) is 11.3 Å². The Hall–Kier alpha value is -1.29. The lowest BCUT2D eigenvalue weighted by Gasteiger charge is -2.20. The van der Waals surface area contributed by atoms with Gasteiger partial charge in [0.05, 0.1) is 11.7 Å². The molecule has 1 N–H and O–H groups in total. The van der Waals surface area contributed by atoms with Gasteiger partial charge in [0.2, 0.25) is 5.95 Å². The van der Waals surface area contributed by atoms with Crippen LogP contribution >= 0.6 is 11.3 Å². The molecular weight excluding hydrogens is 266 g/mol. The molecule has 2 heterocycles. The lowest BCUT2D eigenvalue weighted by molar-refractivity contribution is 0.542. The van der Waals surface area contributed by atoms with Crippen molar-refractivity contribution in [3.63, 3.8) is 0 Å². The van der Waals surface area contributed by atoms with Crippen LogP contribution in [0.3, 0.4) is 0 Å². The van der Waals surface area contributed by atoms with E-state index in [1.165, 1.54) is 11.3 Å². The zero-order valence-electron chi connectivity index (χ0n) is 12.9. The summed E-state index contributed by atoms with van der Waals surface area (Å²) in [6.07, 6.45) is 4.48. The highest BCUT2D eigenvalue weighted by Crippen LogP contribution is 2.30. The molecule has 2 aromatic rings. The van der Waals surface area contributed by atoms with Gasteiger partial charge in [0.15, 0.2) is 0 Å². The molecule has 0 bridgehead atoms. The van der Waals surface area contributed by atoms with Crippen molar-refractivity contribution in [2.24, 2.45) is 5.92 Å². The number of nitrogens with zero attached hydrogens (tertiary/aromatic N) is 2. The standard InChI is InChI=1S/C16H25N3S/c1-5-7-14(15-8-6-9-20-15)19-11-13(4)18-16(19)17-10-12(2)3/h6,8-9,11-12,14H,5,7,10H2,1-4H3,(H,17,18). The molecule has 0 aliphatic heterocycles. The van der Waals surface area contributed by atoms with E-state index >= 15 is 0 Å². The molecule has 0 aromatic carbocycles. The number of hydrogen-bond donors (Lipinski definition) is 1. The molecule has 0 saturated heterocycles. The van der Waals surface area contributed by atoms with Gasteiger partial charge in [-0.1, -0.05) is 33.3 Å². The van der Waals surface area contributed by atoms with Crippen molar-refractivity contribution < 1.29 is 0 Å². The van der Waals surface area contributed by atoms with Crippen LogP contribution in [0, 0.1) is 12.8 Å². The van der Waals surface area contributed by atoms with E-state index < -0.39 is 0 Å². The highest BCUT2D eigenvalue weighted by atomic mass is 32.1. The third-order valence-electron chi connectivity index (χ3n) is 3.29. The van der Waals surface area contributed by atoms with Crippen LogP contribution < -0.4 is 5.32 Å². The van der Waals surface area contributed by atoms with E-state index in [0.717, 1.165) is 24.6 Å². The van der Waals surface area contributed by atoms with E-state index in [1.54, 1.807) is 0 Å². The van der Waals surface area contributed by atoms with E-state index in [4.69, 9.17) is 0 Å². The van der Waals surface area contributed by atoms with Crippen LogP contribution in [0.4, 0.5) is 5.95 Å². The summed E-state index contributed by atoms with van der Waals surface area (Å²) in [5.74, 6) is 1.62. The normalized spacial score (nSPS) is 12.8. The van der Waals surface area contributed by atoms with E-state index in [-0.39, 0.29) is 0 Å². The first kappa shape index (κ1) is 15.1. The van der Waals surface area contributed by atoms with Crippen LogP contribution in [0.1, 0.15) is 50.2 Å². The largest absolute Gasteiger partial charge is 0.355 e. The van der Waals surface area contributed by atoms with Crippen molar-refractivity contribution in [1.29, 1.82) is 0 Å². The third-order valence-corrected chi connectivity index (χ3v) is 4.26. The summed E-state index contributed by atoms with van der Waals surface area (Å²) >= 11 is 1.83. The Kier molecular flexibility index (Phi) is 5.24. The molecule has 1 atom stereocenters. The van der Waals surface area contributed by atoms with Gasteiger partial charge in [-0.15, -0.1) is 11.3 Å². The lowest BCUT2D eigenvalue weighted by atomic mass is 10.1. The van der Waals surface area contributed by atoms with Crippen molar-refractivity contribution in [3.05, 3.63) is 34.3 Å². The second-order valence-electron chi connectivity index (χ2n) is 5.71. The van der Waals surface area contributed by atoms with Crippen molar-refractivity contribution >= 4 is 17.3 Å². The van der Waals surface area contributed by atoms with Crippen LogP contribution in [0.15, 0.2) is 23.7 Å². The van der Waals surface area contributed by atoms with Gasteiger partial charge in [0.1, 0.15) is 0 Å². The zero-order chi connectivity index (χ0) is 14.5. The molecule has 2 aromatic heterocycles. The number of hydrogen-bond acceptors (Lipinski definition) is 3. The number of imidazole rings is 1. The zero-order valence-corrected chi connectivity index (χ0v) is 13.7. The van der Waals surface area contributed by atoms with Crippen molar-refractivity contribution in [2.45, 2.75) is 46.6 Å². The first-order valence-electron chi connectivity index (χ1n) is 7.44. The summed E-state index contributed by atoms with van der Waals surface area (Å²) in [6, 6.07) is 4.76. The van der Waals surface area contributed by atoms with E-state index in [0.29, 0.717) is 12.0 Å². The Morgan fingerprint density at radius 3 is 2.80 bits per heavy atom. The van der Waals surface area contributed by atoms with Gasteiger partial charge in [-0.05, 0) is 30.7 Å². The smallest absolute Gasteiger partial charge is 0.203 e. The number of nitrogens with one attached hydrogen (secondary N) is 1. The molecule has 0 amide bonds. The molecule has 1 unspecified atom stereocenters. The van der Waals surface area contributed by atoms with Crippen LogP contribution in [0.2, 0.25) is 0 Å². The lowest BCUT2D eigenvalue weighted by Crippen LogP contribution is -2.16. The van der Waals surface area contributed by atoms with Gasteiger partial charge < -0.3 is 9.88 Å². The molecule has 2 rings (SSSR count). The Morgan fingerprint density at radius 2 is 2.20 bits per heavy atom. The Balaban J connectivity index is 2.28. The van der Waals surface area contributed by atoms with Gasteiger partial charge in [-0.3, -0.25) is 0 Å². The summed E-state index contributed by atoms with van der Waals surface area (Å²) in [7, 11) is 0. The Labute approximate surface area is 126 Å². The molecule has 0 spiro atoms. The average Bonchev–Trinajstić information content (AvgIpc) is 3.03. The van der Waals surface area contributed by atoms with Crippen LogP contribution in [-0.4, -0.2) is 16.1 Å². The number of aromatic nitrogens is 2. The maximum atomic E-state index is 4.65. The van der Waals surface area contributed by atoms with Gasteiger partial charge in [0.25, 0.3) is 0 Å². The fourth-order valence-electron chi connectivity index (χ4n) is 2.35. The maximum Gasteiger partial charge on any atom is 0.203 e. The summed E-state index contributed by atoms with van der Waals surface area (Å²) in [6.45, 7) is 9.70. The monoisotopic (exact) mass is 291 g/mol. The number of anilines is 1. The van der Waals surface area contributed by atoms with Crippen LogP contribution in [0.25, 0.3) is 0 Å². The minimum Gasteiger partial charge on any atom is -0.355 e. The molecule has 0 aliphatic rings. The van der Waals surface area contributed by atoms with Crippen molar-refractivity contribution in [2.75, 3.05) is 11.9 Å². The highest BCUT2D eigenvalue weighted by molar-refractivity contribution is 7.10. The predicted octanol–water partition coefficient (Wildman–Crippen LogP) is 4.71. The SMILES string of the molecule is CCCC(c1cccs1)n1cc(C)nc1NCC(C)C. The molecule has 20 heavy (non-hydrogen) atoms. The molecule has 0 saturated carbocycles. The second kappa shape index (κ2) is 6.93. The number of thiophene rings is 1. The first-order chi connectivity index (χ1) is 9.61. The molecule has 4 heteroatoms. The van der Waals surface area contributed by atoms with E-state index in [9.17, 15) is 0 Å². The molecule has 0 aliphatic carbocycles. The van der Waals surface area contributed by atoms with Gasteiger partial charge in [0, 0.05) is 17.6 Å². The third kappa shape index (κ3) is 3.63. The fraction of sp³-hybridized carbons (Fsp3) is 0.562. The van der Waals surface area contributed by atoms with E-state index in [2.05, 4.69) is 66.3 Å². The summed E-state index contributed by atoms with van der Waals surface area (Å²) in [4.78, 5) is 6.07. The van der Waals surface area contributed by atoms with Gasteiger partial charge in [-0.25, -0.2) is 4.98 Å². The Bertz CT molecular complexity index is 514. The quantitative estimate of drug-likeness (QED) is 0.800. The van der Waals surface area contributed by atoms with Crippen LogP contribution in [0.5, 0.6) is 0 Å². The molecule has 3 nitrogen and oxygen atoms in total. The maximum absolute atomic E-state index is 4.65. The topological polar surface area (TPSA) is 29.9 Å². The summed E-state index contributed by atoms with van der Waals surface area (Å²) in [5.41, 5.74) is 1.08. The predicted molar refractivity (Wildman–Crippen MR) is 87.7 cm³/mol. The summed E-state index contributed by atoms with van der Waals surface area (Å²) < 4.78 is 2.31. The molecule has 110 valence electrons. The van der Waals surface area contributed by atoms with Crippen molar-refractivity contribution in [1.82, 2.24) is 9.55 Å². The number of aryl methyl sites for hydroxylation is 1. The highest BCUT2D eigenvalue weighted by Gasteiger charge is 2.18. The fourth-order valence-corrected chi connectivity index (χ4v) is 3.21. The molecule has 0 radical (unpaired) electrons. The average molecular weight is 291 g/mol. The molecular formula is C16H25N3S. The molecule has 0 fully saturated rings. The van der Waals surface area contributed by atoms with Crippen molar-refractivity contribution in [3.8, 4) is 0 Å². The Morgan fingerprint density at radius 1 is 1.40 bits per heavy atom. The second-order valence-corrected chi connectivity index (χ2v) is 6.69. The first-order valence-corrected chi connectivity index (χ1v) is 8.32. The minimum atomic E-state index is 0.399. The van der Waals surface area contributed by atoms with Gasteiger partial charge >= 0.3 is 0 Å². The minimum absolute atomic E-state index is 0.399.